The number of sulfonamides is 1. The number of oxazole rings is 1. The van der Waals surface area contributed by atoms with E-state index in [1.54, 1.807) is 24.3 Å². The third-order valence-electron chi connectivity index (χ3n) is 4.48. The second-order valence-corrected chi connectivity index (χ2v) is 8.21. The number of unbranched alkanes of at least 4 members (excludes halogenated alkanes) is 1. The van der Waals surface area contributed by atoms with Gasteiger partial charge in [0.05, 0.1) is 12.0 Å². The minimum absolute atomic E-state index is 0.0129. The Morgan fingerprint density at radius 3 is 2.30 bits per heavy atom. The van der Waals surface area contributed by atoms with Crippen molar-refractivity contribution in [1.29, 1.82) is 0 Å². The number of carbonyl (C=O) groups is 1. The van der Waals surface area contributed by atoms with Gasteiger partial charge < -0.3 is 9.15 Å². The van der Waals surface area contributed by atoms with Crippen LogP contribution in [0.3, 0.4) is 0 Å². The summed E-state index contributed by atoms with van der Waals surface area (Å²) in [5, 5.41) is 5.15. The number of ether oxygens (including phenoxy) is 1. The van der Waals surface area contributed by atoms with Crippen LogP contribution >= 0.6 is 0 Å². The lowest BCUT2D eigenvalue weighted by Crippen LogP contribution is -2.11. The summed E-state index contributed by atoms with van der Waals surface area (Å²) in [5.41, 5.74) is 1.77. The van der Waals surface area contributed by atoms with Crippen molar-refractivity contribution in [3.05, 3.63) is 60.2 Å². The van der Waals surface area contributed by atoms with Gasteiger partial charge in [-0.3, -0.25) is 4.79 Å². The summed E-state index contributed by atoms with van der Waals surface area (Å²) in [6.07, 6.45) is 2.10. The molecule has 0 unspecified atom stereocenters. The van der Waals surface area contributed by atoms with E-state index in [2.05, 4.69) is 9.72 Å². The minimum atomic E-state index is -3.81. The minimum Gasteiger partial charge on any atom is -0.469 e. The molecule has 0 amide bonds. The molecule has 0 saturated heterocycles. The van der Waals surface area contributed by atoms with Crippen molar-refractivity contribution in [2.24, 2.45) is 5.14 Å². The summed E-state index contributed by atoms with van der Waals surface area (Å²) in [5.74, 6) is 0.261. The van der Waals surface area contributed by atoms with E-state index >= 15 is 0 Å². The standard InChI is InChI=1S/C21H21FN2O5S/c1-28-19(25)5-3-2-4-18-24-20(14-8-12-17(13-9-14)30(23,26)27)21(29-18)15-6-10-16(22)11-7-15/h6-13H,2-5H2,1H3,(H2,23,26,27). The number of carbonyl (C=O) groups excluding carboxylic acids is 1. The van der Waals surface area contributed by atoms with Crippen molar-refractivity contribution in [3.8, 4) is 22.6 Å². The summed E-state index contributed by atoms with van der Waals surface area (Å²) in [6.45, 7) is 0. The molecule has 0 fully saturated rings. The maximum absolute atomic E-state index is 13.3. The van der Waals surface area contributed by atoms with E-state index < -0.39 is 10.0 Å². The number of methoxy groups -OCH3 is 1. The van der Waals surface area contributed by atoms with Crippen LogP contribution in [0.25, 0.3) is 22.6 Å². The maximum Gasteiger partial charge on any atom is 0.305 e. The third kappa shape index (κ3) is 5.31. The number of aromatic nitrogens is 1. The van der Waals surface area contributed by atoms with Crippen LogP contribution in [-0.2, 0) is 26.0 Å². The lowest BCUT2D eigenvalue weighted by molar-refractivity contribution is -0.140. The molecule has 0 bridgehead atoms. The van der Waals surface area contributed by atoms with Gasteiger partial charge in [0.1, 0.15) is 11.5 Å². The van der Waals surface area contributed by atoms with Crippen molar-refractivity contribution in [2.75, 3.05) is 7.11 Å². The highest BCUT2D eigenvalue weighted by atomic mass is 32.2. The first kappa shape index (κ1) is 21.7. The summed E-state index contributed by atoms with van der Waals surface area (Å²) < 4.78 is 46.9. The molecule has 0 aliphatic heterocycles. The second-order valence-electron chi connectivity index (χ2n) is 6.64. The predicted octanol–water partition coefficient (Wildman–Crippen LogP) is 3.68. The van der Waals surface area contributed by atoms with Gasteiger partial charge in [0.15, 0.2) is 11.7 Å². The normalized spacial score (nSPS) is 11.4. The average Bonchev–Trinajstić information content (AvgIpc) is 3.15. The zero-order valence-corrected chi connectivity index (χ0v) is 17.1. The molecule has 3 aromatic rings. The van der Waals surface area contributed by atoms with Gasteiger partial charge in [-0.2, -0.15) is 0 Å². The van der Waals surface area contributed by atoms with Crippen LogP contribution in [0.1, 0.15) is 25.2 Å². The molecule has 7 nitrogen and oxygen atoms in total. The maximum atomic E-state index is 13.3. The van der Waals surface area contributed by atoms with Gasteiger partial charge >= 0.3 is 5.97 Å². The van der Waals surface area contributed by atoms with Gasteiger partial charge in [-0.25, -0.2) is 22.9 Å². The van der Waals surface area contributed by atoms with Gasteiger partial charge in [-0.05, 0) is 49.2 Å². The number of benzene rings is 2. The van der Waals surface area contributed by atoms with Gasteiger partial charge in [0.2, 0.25) is 10.0 Å². The molecule has 0 atom stereocenters. The van der Waals surface area contributed by atoms with Crippen LogP contribution < -0.4 is 5.14 Å². The Bertz CT molecular complexity index is 1120. The van der Waals surface area contributed by atoms with E-state index in [0.717, 1.165) is 0 Å². The average molecular weight is 432 g/mol. The summed E-state index contributed by atoms with van der Waals surface area (Å²) >= 11 is 0. The van der Waals surface area contributed by atoms with Crippen molar-refractivity contribution in [3.63, 3.8) is 0 Å². The van der Waals surface area contributed by atoms with E-state index in [0.29, 0.717) is 54.2 Å². The number of primary sulfonamides is 1. The molecule has 1 aromatic heterocycles. The highest BCUT2D eigenvalue weighted by Gasteiger charge is 2.18. The van der Waals surface area contributed by atoms with E-state index in [9.17, 15) is 17.6 Å². The molecule has 1 heterocycles. The first-order chi connectivity index (χ1) is 14.3. The SMILES string of the molecule is COC(=O)CCCCc1nc(-c2ccc(S(N)(=O)=O)cc2)c(-c2ccc(F)cc2)o1. The largest absolute Gasteiger partial charge is 0.469 e. The Kier molecular flexibility index (Phi) is 6.63. The van der Waals surface area contributed by atoms with E-state index in [1.807, 2.05) is 0 Å². The van der Waals surface area contributed by atoms with Crippen molar-refractivity contribution >= 4 is 16.0 Å². The molecule has 30 heavy (non-hydrogen) atoms. The fourth-order valence-corrected chi connectivity index (χ4v) is 3.43. The topological polar surface area (TPSA) is 112 Å². The number of hydrogen-bond donors (Lipinski definition) is 1. The molecule has 158 valence electrons. The van der Waals surface area contributed by atoms with E-state index in [1.165, 1.54) is 31.4 Å². The van der Waals surface area contributed by atoms with E-state index in [4.69, 9.17) is 9.56 Å². The quantitative estimate of drug-likeness (QED) is 0.429. The Balaban J connectivity index is 1.90. The van der Waals surface area contributed by atoms with Crippen LogP contribution in [-0.4, -0.2) is 26.5 Å². The van der Waals surface area contributed by atoms with Crippen LogP contribution in [0, 0.1) is 5.82 Å². The van der Waals surface area contributed by atoms with Crippen molar-refractivity contribution in [1.82, 2.24) is 4.98 Å². The molecule has 0 spiro atoms. The lowest BCUT2D eigenvalue weighted by atomic mass is 10.1. The molecule has 3 rings (SSSR count). The van der Waals surface area contributed by atoms with Crippen LogP contribution in [0.15, 0.2) is 57.8 Å². The number of nitrogens with zero attached hydrogens (tertiary/aromatic N) is 1. The van der Waals surface area contributed by atoms with Crippen LogP contribution in [0.5, 0.6) is 0 Å². The third-order valence-corrected chi connectivity index (χ3v) is 5.41. The molecule has 0 aliphatic rings. The molecule has 9 heteroatoms. The molecule has 0 saturated carbocycles. The van der Waals surface area contributed by atoms with Gasteiger partial charge in [0.25, 0.3) is 0 Å². The van der Waals surface area contributed by atoms with Crippen LogP contribution in [0.4, 0.5) is 4.39 Å². The van der Waals surface area contributed by atoms with Crippen molar-refractivity contribution in [2.45, 2.75) is 30.6 Å². The van der Waals surface area contributed by atoms with Gasteiger partial charge in [0, 0.05) is 24.0 Å². The molecular formula is C21H21FN2O5S. The number of rotatable bonds is 8. The van der Waals surface area contributed by atoms with Gasteiger partial charge in [-0.15, -0.1) is 0 Å². The molecule has 2 aromatic carbocycles. The Hall–Kier alpha value is -3.04. The van der Waals surface area contributed by atoms with Gasteiger partial charge in [-0.1, -0.05) is 12.1 Å². The van der Waals surface area contributed by atoms with Crippen LogP contribution in [0.2, 0.25) is 0 Å². The monoisotopic (exact) mass is 432 g/mol. The highest BCUT2D eigenvalue weighted by Crippen LogP contribution is 2.33. The summed E-state index contributed by atoms with van der Waals surface area (Å²) in [7, 11) is -2.47. The predicted molar refractivity (Wildman–Crippen MR) is 108 cm³/mol. The molecule has 2 N–H and O–H groups in total. The van der Waals surface area contributed by atoms with Crippen molar-refractivity contribution < 1.29 is 26.8 Å². The number of nitrogens with two attached hydrogens (primary N) is 1. The number of aryl methyl sites for hydroxylation is 1. The first-order valence-corrected chi connectivity index (χ1v) is 10.8. The van der Waals surface area contributed by atoms with E-state index in [-0.39, 0.29) is 16.7 Å². The fourth-order valence-electron chi connectivity index (χ4n) is 2.91. The zero-order valence-electron chi connectivity index (χ0n) is 16.3. The fraction of sp³-hybridized carbons (Fsp3) is 0.238. The Morgan fingerprint density at radius 2 is 1.70 bits per heavy atom. The Labute approximate surface area is 173 Å². The summed E-state index contributed by atoms with van der Waals surface area (Å²) in [6, 6.07) is 11.8. The zero-order chi connectivity index (χ0) is 21.7. The molecular weight excluding hydrogens is 411 g/mol. The number of hydrogen-bond acceptors (Lipinski definition) is 6. The lowest BCUT2D eigenvalue weighted by Gasteiger charge is -2.03. The highest BCUT2D eigenvalue weighted by molar-refractivity contribution is 7.89. The first-order valence-electron chi connectivity index (χ1n) is 9.23. The molecule has 0 radical (unpaired) electrons. The number of esters is 1. The smallest absolute Gasteiger partial charge is 0.305 e. The summed E-state index contributed by atoms with van der Waals surface area (Å²) in [4.78, 5) is 15.8. The second kappa shape index (κ2) is 9.19. The number of halogens is 1. The molecule has 0 aliphatic carbocycles. The Morgan fingerprint density at radius 1 is 1.07 bits per heavy atom.